The first-order valence-electron chi connectivity index (χ1n) is 6.15. The van der Waals surface area contributed by atoms with E-state index in [0.29, 0.717) is 0 Å². The van der Waals surface area contributed by atoms with E-state index in [4.69, 9.17) is 9.26 Å². The molecule has 0 saturated heterocycles. The lowest BCUT2D eigenvalue weighted by Gasteiger charge is -2.27. The fraction of sp³-hybridized carbons (Fsp3) is 0.462. The highest BCUT2D eigenvalue weighted by Crippen LogP contribution is 2.41. The molecule has 0 amide bonds. The number of rotatable bonds is 6. The second kappa shape index (κ2) is 6.37. The van der Waals surface area contributed by atoms with Gasteiger partial charge in [0.25, 0.3) is 0 Å². The first-order valence-corrected chi connectivity index (χ1v) is 8.23. The van der Waals surface area contributed by atoms with Crippen LogP contribution >= 0.6 is 7.52 Å². The van der Waals surface area contributed by atoms with Crippen LogP contribution in [0.5, 0.6) is 5.75 Å². The number of hydrogen-bond acceptors (Lipinski definition) is 4. The predicted molar refractivity (Wildman–Crippen MR) is 74.4 cm³/mol. The average molecular weight is 303 g/mol. The second-order valence-corrected chi connectivity index (χ2v) is 6.95. The summed E-state index contributed by atoms with van der Waals surface area (Å²) in [4.78, 5) is 11.7. The summed E-state index contributed by atoms with van der Waals surface area (Å²) in [6.07, 6.45) is 0. The molecule has 7 heteroatoms. The summed E-state index contributed by atoms with van der Waals surface area (Å²) in [6, 6.07) is 5.13. The predicted octanol–water partition coefficient (Wildman–Crippen LogP) is 2.96. The third kappa shape index (κ3) is 4.94. The van der Waals surface area contributed by atoms with Crippen molar-refractivity contribution in [3.63, 3.8) is 0 Å². The van der Waals surface area contributed by atoms with E-state index in [1.165, 1.54) is 30.9 Å². The molecule has 0 fully saturated rings. The third-order valence-corrected chi connectivity index (χ3v) is 3.89. The maximum atomic E-state index is 12.8. The van der Waals surface area contributed by atoms with Gasteiger partial charge >= 0.3 is 13.5 Å². The molecular weight excluding hydrogens is 284 g/mol. The SMILES string of the molecule is CCOC(=O)C(C)(C)NP(C)(=O)Oc1ccc(F)cc1. The fourth-order valence-corrected chi connectivity index (χ4v) is 3.26. The van der Waals surface area contributed by atoms with Gasteiger partial charge in [-0.3, -0.25) is 9.36 Å². The molecule has 0 aromatic heterocycles. The lowest BCUT2D eigenvalue weighted by atomic mass is 10.1. The van der Waals surface area contributed by atoms with Crippen LogP contribution in [0.4, 0.5) is 4.39 Å². The zero-order valence-electron chi connectivity index (χ0n) is 12.0. The van der Waals surface area contributed by atoms with Gasteiger partial charge in [-0.05, 0) is 45.0 Å². The van der Waals surface area contributed by atoms with Gasteiger partial charge in [0.2, 0.25) is 0 Å². The van der Waals surface area contributed by atoms with E-state index in [1.807, 2.05) is 0 Å². The van der Waals surface area contributed by atoms with Crippen LogP contribution in [0.15, 0.2) is 24.3 Å². The molecule has 0 heterocycles. The summed E-state index contributed by atoms with van der Waals surface area (Å²) in [7, 11) is -3.30. The van der Waals surface area contributed by atoms with E-state index in [1.54, 1.807) is 20.8 Å². The lowest BCUT2D eigenvalue weighted by molar-refractivity contribution is -0.149. The van der Waals surface area contributed by atoms with Crippen LogP contribution in [-0.4, -0.2) is 24.8 Å². The zero-order valence-corrected chi connectivity index (χ0v) is 12.9. The van der Waals surface area contributed by atoms with Gasteiger partial charge in [0.15, 0.2) is 0 Å². The average Bonchev–Trinajstić information content (AvgIpc) is 2.30. The van der Waals surface area contributed by atoms with Gasteiger partial charge < -0.3 is 9.26 Å². The highest BCUT2D eigenvalue weighted by molar-refractivity contribution is 7.56. The summed E-state index contributed by atoms with van der Waals surface area (Å²) in [5.74, 6) is -0.683. The van der Waals surface area contributed by atoms with Crippen molar-refractivity contribution in [2.45, 2.75) is 26.3 Å². The molecule has 1 unspecified atom stereocenters. The fourth-order valence-electron chi connectivity index (χ4n) is 1.58. The molecule has 5 nitrogen and oxygen atoms in total. The minimum absolute atomic E-state index is 0.233. The van der Waals surface area contributed by atoms with Crippen molar-refractivity contribution < 1.29 is 23.0 Å². The topological polar surface area (TPSA) is 64.6 Å². The molecule has 1 rings (SSSR count). The normalized spacial score (nSPS) is 14.4. The number of benzene rings is 1. The maximum absolute atomic E-state index is 12.8. The molecule has 0 aliphatic heterocycles. The van der Waals surface area contributed by atoms with Crippen LogP contribution < -0.4 is 9.61 Å². The molecule has 0 aliphatic rings. The van der Waals surface area contributed by atoms with E-state index >= 15 is 0 Å². The molecule has 0 bridgehead atoms. The van der Waals surface area contributed by atoms with Gasteiger partial charge in [0.05, 0.1) is 6.61 Å². The molecule has 112 valence electrons. The number of esters is 1. The molecule has 20 heavy (non-hydrogen) atoms. The Morgan fingerprint density at radius 2 is 1.90 bits per heavy atom. The van der Waals surface area contributed by atoms with Crippen molar-refractivity contribution in [2.24, 2.45) is 0 Å². The van der Waals surface area contributed by atoms with E-state index < -0.39 is 24.8 Å². The van der Waals surface area contributed by atoms with E-state index in [0.717, 1.165) is 0 Å². The minimum atomic E-state index is -3.30. The Morgan fingerprint density at radius 3 is 2.40 bits per heavy atom. The van der Waals surface area contributed by atoms with E-state index in [9.17, 15) is 13.8 Å². The molecule has 1 atom stereocenters. The van der Waals surface area contributed by atoms with Crippen molar-refractivity contribution in [1.82, 2.24) is 5.09 Å². The van der Waals surface area contributed by atoms with Crippen LogP contribution in [0, 0.1) is 5.82 Å². The largest absolute Gasteiger partial charge is 0.465 e. The first kappa shape index (κ1) is 16.7. The highest BCUT2D eigenvalue weighted by Gasteiger charge is 2.35. The Labute approximate surface area is 118 Å². The third-order valence-electron chi connectivity index (χ3n) is 2.36. The Balaban J connectivity index is 2.76. The quantitative estimate of drug-likeness (QED) is 0.646. The van der Waals surface area contributed by atoms with Gasteiger partial charge in [-0.15, -0.1) is 0 Å². The smallest absolute Gasteiger partial charge is 0.326 e. The van der Waals surface area contributed by atoms with Gasteiger partial charge in [0, 0.05) is 6.66 Å². The van der Waals surface area contributed by atoms with E-state index in [2.05, 4.69) is 5.09 Å². The number of hydrogen-bond donors (Lipinski definition) is 1. The summed E-state index contributed by atoms with van der Waals surface area (Å²) >= 11 is 0. The maximum Gasteiger partial charge on any atom is 0.326 e. The molecule has 1 N–H and O–H groups in total. The van der Waals surface area contributed by atoms with Crippen LogP contribution in [0.25, 0.3) is 0 Å². The second-order valence-electron chi connectivity index (χ2n) is 4.85. The molecule has 0 spiro atoms. The van der Waals surface area contributed by atoms with Gasteiger partial charge in [-0.2, -0.15) is 0 Å². The van der Waals surface area contributed by atoms with Crippen molar-refractivity contribution in [3.05, 3.63) is 30.1 Å². The van der Waals surface area contributed by atoms with Gasteiger partial charge in [0.1, 0.15) is 17.1 Å². The van der Waals surface area contributed by atoms with Crippen LogP contribution in [0.1, 0.15) is 20.8 Å². The Kier molecular flexibility index (Phi) is 5.31. The number of carbonyl (C=O) groups excluding carboxylic acids is 1. The zero-order chi connectivity index (χ0) is 15.4. The Morgan fingerprint density at radius 1 is 1.35 bits per heavy atom. The van der Waals surface area contributed by atoms with E-state index in [-0.39, 0.29) is 12.4 Å². The van der Waals surface area contributed by atoms with Gasteiger partial charge in [-0.1, -0.05) is 0 Å². The lowest BCUT2D eigenvalue weighted by Crippen LogP contribution is -2.46. The van der Waals surface area contributed by atoms with Crippen LogP contribution in [0.3, 0.4) is 0 Å². The molecule has 0 radical (unpaired) electrons. The molecule has 1 aromatic rings. The number of nitrogens with one attached hydrogen (secondary N) is 1. The Bertz CT molecular complexity index is 516. The van der Waals surface area contributed by atoms with Crippen molar-refractivity contribution >= 4 is 13.5 Å². The summed E-state index contributed by atoms with van der Waals surface area (Å²) in [5, 5.41) is 2.65. The monoisotopic (exact) mass is 303 g/mol. The number of carbonyl (C=O) groups is 1. The van der Waals surface area contributed by atoms with Crippen molar-refractivity contribution in [2.75, 3.05) is 13.3 Å². The van der Waals surface area contributed by atoms with Crippen LogP contribution in [0.2, 0.25) is 0 Å². The van der Waals surface area contributed by atoms with Gasteiger partial charge in [-0.25, -0.2) is 9.48 Å². The standard InChI is InChI=1S/C13H19FNO4P/c1-5-18-12(16)13(2,3)15-20(4,17)19-11-8-6-10(14)7-9-11/h6-9H,5H2,1-4H3,(H,15,17). The van der Waals surface area contributed by atoms with Crippen molar-refractivity contribution in [1.29, 1.82) is 0 Å². The summed E-state index contributed by atoms with van der Waals surface area (Å²) in [5.41, 5.74) is -1.15. The highest BCUT2D eigenvalue weighted by atomic mass is 31.2. The minimum Gasteiger partial charge on any atom is -0.465 e. The van der Waals surface area contributed by atoms with Crippen molar-refractivity contribution in [3.8, 4) is 5.75 Å². The molecule has 0 saturated carbocycles. The van der Waals surface area contributed by atoms with Crippen LogP contribution in [-0.2, 0) is 14.1 Å². The number of ether oxygens (including phenoxy) is 1. The summed E-state index contributed by atoms with van der Waals surface area (Å²) < 4.78 is 35.3. The molecule has 1 aromatic carbocycles. The molecular formula is C13H19FNO4P. The Hall–Kier alpha value is -1.39. The summed E-state index contributed by atoms with van der Waals surface area (Å²) in [6.45, 7) is 6.37. The first-order chi connectivity index (χ1) is 9.16. The number of halogens is 1. The molecule has 0 aliphatic carbocycles.